The van der Waals surface area contributed by atoms with E-state index in [2.05, 4.69) is 0 Å². The van der Waals surface area contributed by atoms with Gasteiger partial charge in [0.15, 0.2) is 0 Å². The van der Waals surface area contributed by atoms with Gasteiger partial charge in [0.05, 0.1) is 6.61 Å². The minimum atomic E-state index is -0.297. The summed E-state index contributed by atoms with van der Waals surface area (Å²) in [6.45, 7) is 4.07. The molecule has 1 aliphatic rings. The smallest absolute Gasteiger partial charge is 0.410 e. The predicted octanol–water partition coefficient (Wildman–Crippen LogP) is 1.75. The summed E-state index contributed by atoms with van der Waals surface area (Å²) in [5, 5.41) is 0. The molecule has 2 rings (SSSR count). The molecule has 104 valence electrons. The van der Waals surface area contributed by atoms with Crippen molar-refractivity contribution in [3.63, 3.8) is 0 Å². The molecule has 19 heavy (non-hydrogen) atoms. The lowest BCUT2D eigenvalue weighted by molar-refractivity contribution is 0.104. The number of carbonyl (C=O) groups excluding carboxylic acids is 1. The van der Waals surface area contributed by atoms with Gasteiger partial charge in [-0.3, -0.25) is 0 Å². The summed E-state index contributed by atoms with van der Waals surface area (Å²) < 4.78 is 10.7. The molecule has 1 atom stereocenters. The van der Waals surface area contributed by atoms with E-state index in [1.165, 1.54) is 0 Å². The molecule has 1 saturated heterocycles. The Balaban J connectivity index is 1.84. The topological polar surface area (TPSA) is 64.8 Å². The van der Waals surface area contributed by atoms with E-state index in [4.69, 9.17) is 15.2 Å². The Morgan fingerprint density at radius 1 is 1.53 bits per heavy atom. The van der Waals surface area contributed by atoms with Crippen molar-refractivity contribution in [3.05, 3.63) is 29.8 Å². The Hall–Kier alpha value is -1.75. The van der Waals surface area contributed by atoms with Gasteiger partial charge < -0.3 is 20.1 Å². The van der Waals surface area contributed by atoms with Crippen molar-refractivity contribution in [1.29, 1.82) is 0 Å². The molecule has 0 spiro atoms. The van der Waals surface area contributed by atoms with Gasteiger partial charge in [0.2, 0.25) is 0 Å². The van der Waals surface area contributed by atoms with Crippen LogP contribution in [0.3, 0.4) is 0 Å². The number of ether oxygens (including phenoxy) is 2. The number of nitrogens with zero attached hydrogens (tertiary/aromatic N) is 1. The maximum atomic E-state index is 11.8. The Morgan fingerprint density at radius 2 is 2.37 bits per heavy atom. The molecule has 1 aromatic carbocycles. The summed E-state index contributed by atoms with van der Waals surface area (Å²) in [4.78, 5) is 13.4. The molecule has 5 nitrogen and oxygen atoms in total. The summed E-state index contributed by atoms with van der Waals surface area (Å²) in [6.07, 6.45) is 0.546. The van der Waals surface area contributed by atoms with Gasteiger partial charge in [-0.05, 0) is 31.0 Å². The van der Waals surface area contributed by atoms with Crippen molar-refractivity contribution in [2.75, 3.05) is 19.7 Å². The number of benzene rings is 1. The van der Waals surface area contributed by atoms with E-state index in [1.54, 1.807) is 4.90 Å². The van der Waals surface area contributed by atoms with E-state index >= 15 is 0 Å². The SMILES string of the molecule is CCOc1cccc(COC(=O)N2CCC(N)C2)c1. The van der Waals surface area contributed by atoms with Crippen LogP contribution >= 0.6 is 0 Å². The zero-order valence-corrected chi connectivity index (χ0v) is 11.2. The highest BCUT2D eigenvalue weighted by Gasteiger charge is 2.24. The van der Waals surface area contributed by atoms with Gasteiger partial charge in [-0.2, -0.15) is 0 Å². The zero-order chi connectivity index (χ0) is 13.7. The second kappa shape index (κ2) is 6.43. The van der Waals surface area contributed by atoms with E-state index in [-0.39, 0.29) is 18.7 Å². The van der Waals surface area contributed by atoms with Crippen LogP contribution < -0.4 is 10.5 Å². The highest BCUT2D eigenvalue weighted by atomic mass is 16.6. The van der Waals surface area contributed by atoms with Crippen LogP contribution in [-0.4, -0.2) is 36.7 Å². The van der Waals surface area contributed by atoms with E-state index in [0.29, 0.717) is 19.7 Å². The third kappa shape index (κ3) is 3.86. The molecule has 0 aliphatic carbocycles. The number of likely N-dealkylation sites (tertiary alicyclic amines) is 1. The van der Waals surface area contributed by atoms with Gasteiger partial charge in [0, 0.05) is 19.1 Å². The second-order valence-electron chi connectivity index (χ2n) is 4.63. The Morgan fingerprint density at radius 3 is 3.05 bits per heavy atom. The van der Waals surface area contributed by atoms with Crippen molar-refractivity contribution >= 4 is 6.09 Å². The number of hydrogen-bond donors (Lipinski definition) is 1. The fraction of sp³-hybridized carbons (Fsp3) is 0.500. The minimum Gasteiger partial charge on any atom is -0.494 e. The number of rotatable bonds is 4. The van der Waals surface area contributed by atoms with Crippen LogP contribution in [0.4, 0.5) is 4.79 Å². The second-order valence-corrected chi connectivity index (χ2v) is 4.63. The van der Waals surface area contributed by atoms with Crippen molar-refractivity contribution in [2.45, 2.75) is 26.0 Å². The summed E-state index contributed by atoms with van der Waals surface area (Å²) in [5.74, 6) is 0.791. The largest absolute Gasteiger partial charge is 0.494 e. The third-order valence-electron chi connectivity index (χ3n) is 3.05. The Bertz CT molecular complexity index is 436. The van der Waals surface area contributed by atoms with Gasteiger partial charge >= 0.3 is 6.09 Å². The van der Waals surface area contributed by atoms with E-state index in [1.807, 2.05) is 31.2 Å². The molecule has 0 aromatic heterocycles. The van der Waals surface area contributed by atoms with Crippen LogP contribution in [0.5, 0.6) is 5.75 Å². The molecule has 0 bridgehead atoms. The van der Waals surface area contributed by atoms with Gasteiger partial charge in [-0.15, -0.1) is 0 Å². The predicted molar refractivity (Wildman–Crippen MR) is 72.0 cm³/mol. The first-order valence-corrected chi connectivity index (χ1v) is 6.58. The maximum absolute atomic E-state index is 11.8. The normalized spacial score (nSPS) is 18.4. The zero-order valence-electron chi connectivity index (χ0n) is 11.2. The van der Waals surface area contributed by atoms with Crippen molar-refractivity contribution in [1.82, 2.24) is 4.90 Å². The summed E-state index contributed by atoms with van der Waals surface area (Å²) in [5.41, 5.74) is 6.68. The number of hydrogen-bond acceptors (Lipinski definition) is 4. The van der Waals surface area contributed by atoms with Crippen LogP contribution in [0.2, 0.25) is 0 Å². The Kier molecular flexibility index (Phi) is 4.63. The average molecular weight is 264 g/mol. The minimum absolute atomic E-state index is 0.0776. The van der Waals surface area contributed by atoms with E-state index in [9.17, 15) is 4.79 Å². The van der Waals surface area contributed by atoms with Crippen molar-refractivity contribution in [3.8, 4) is 5.75 Å². The molecule has 5 heteroatoms. The first kappa shape index (κ1) is 13.7. The average Bonchev–Trinajstić information content (AvgIpc) is 2.84. The monoisotopic (exact) mass is 264 g/mol. The first-order chi connectivity index (χ1) is 9.19. The fourth-order valence-corrected chi connectivity index (χ4v) is 2.08. The molecule has 0 radical (unpaired) electrons. The molecular weight excluding hydrogens is 244 g/mol. The lowest BCUT2D eigenvalue weighted by atomic mass is 10.2. The van der Waals surface area contributed by atoms with Crippen molar-refractivity contribution < 1.29 is 14.3 Å². The van der Waals surface area contributed by atoms with Crippen LogP contribution in [0.25, 0.3) is 0 Å². The molecule has 1 aliphatic heterocycles. The maximum Gasteiger partial charge on any atom is 0.410 e. The molecule has 1 amide bonds. The van der Waals surface area contributed by atoms with Crippen molar-refractivity contribution in [2.24, 2.45) is 5.73 Å². The quantitative estimate of drug-likeness (QED) is 0.900. The molecule has 2 N–H and O–H groups in total. The fourth-order valence-electron chi connectivity index (χ4n) is 2.08. The first-order valence-electron chi connectivity index (χ1n) is 6.58. The van der Waals surface area contributed by atoms with Gasteiger partial charge in [-0.1, -0.05) is 12.1 Å². The highest BCUT2D eigenvalue weighted by molar-refractivity contribution is 5.68. The van der Waals surface area contributed by atoms with Gasteiger partial charge in [-0.25, -0.2) is 4.79 Å². The molecule has 1 fully saturated rings. The molecular formula is C14H20N2O3. The van der Waals surface area contributed by atoms with Gasteiger partial charge in [0.1, 0.15) is 12.4 Å². The lowest BCUT2D eigenvalue weighted by Gasteiger charge is -2.15. The number of carbonyl (C=O) groups is 1. The molecule has 0 saturated carbocycles. The standard InChI is InChI=1S/C14H20N2O3/c1-2-18-13-5-3-4-11(8-13)10-19-14(17)16-7-6-12(15)9-16/h3-5,8,12H,2,6-7,9-10,15H2,1H3. The summed E-state index contributed by atoms with van der Waals surface area (Å²) in [6, 6.07) is 7.64. The number of nitrogens with two attached hydrogens (primary N) is 1. The molecule has 1 heterocycles. The number of amides is 1. The van der Waals surface area contributed by atoms with Crippen LogP contribution in [0.1, 0.15) is 18.9 Å². The van der Waals surface area contributed by atoms with Crippen LogP contribution in [0, 0.1) is 0 Å². The van der Waals surface area contributed by atoms with Crippen LogP contribution in [-0.2, 0) is 11.3 Å². The van der Waals surface area contributed by atoms with E-state index in [0.717, 1.165) is 17.7 Å². The van der Waals surface area contributed by atoms with E-state index < -0.39 is 0 Å². The molecule has 1 aromatic rings. The summed E-state index contributed by atoms with van der Waals surface area (Å²) >= 11 is 0. The highest BCUT2D eigenvalue weighted by Crippen LogP contribution is 2.15. The molecule has 1 unspecified atom stereocenters. The van der Waals surface area contributed by atoms with Gasteiger partial charge in [0.25, 0.3) is 0 Å². The third-order valence-corrected chi connectivity index (χ3v) is 3.05. The Labute approximate surface area is 113 Å². The summed E-state index contributed by atoms with van der Waals surface area (Å²) in [7, 11) is 0. The van der Waals surface area contributed by atoms with Crippen LogP contribution in [0.15, 0.2) is 24.3 Å². The lowest BCUT2D eigenvalue weighted by Crippen LogP contribution is -2.32.